The van der Waals surface area contributed by atoms with Gasteiger partial charge in [-0.15, -0.1) is 0 Å². The van der Waals surface area contributed by atoms with Gasteiger partial charge in [-0.25, -0.2) is 0 Å². The van der Waals surface area contributed by atoms with Crippen molar-refractivity contribution in [3.05, 3.63) is 0 Å². The van der Waals surface area contributed by atoms with Gasteiger partial charge < -0.3 is 5.11 Å². The Labute approximate surface area is 159 Å². The quantitative estimate of drug-likeness (QED) is 0.637. The number of carboxylic acid groups (broad SMARTS) is 1. The van der Waals surface area contributed by atoms with Crippen LogP contribution < -0.4 is 0 Å². The number of nitriles is 1. The highest BCUT2D eigenvalue weighted by atomic mass is 16.4. The van der Waals surface area contributed by atoms with Gasteiger partial charge in [-0.1, -0.05) is 39.0 Å². The molecule has 3 fully saturated rings. The maximum atomic E-state index is 11.4. The topological polar surface area (TPSA) is 61.1 Å². The van der Waals surface area contributed by atoms with Gasteiger partial charge >= 0.3 is 5.97 Å². The van der Waals surface area contributed by atoms with E-state index < -0.39 is 5.97 Å². The van der Waals surface area contributed by atoms with Crippen LogP contribution in [0.4, 0.5) is 0 Å². The second-order valence-corrected chi connectivity index (χ2v) is 9.44. The van der Waals surface area contributed by atoms with Crippen molar-refractivity contribution >= 4 is 5.97 Å². The van der Waals surface area contributed by atoms with E-state index in [4.69, 9.17) is 0 Å². The van der Waals surface area contributed by atoms with Crippen molar-refractivity contribution in [2.24, 2.45) is 35.0 Å². The molecule has 0 amide bonds. The summed E-state index contributed by atoms with van der Waals surface area (Å²) in [5.41, 5.74) is 0.183. The molecule has 0 bridgehead atoms. The first-order valence-electron chi connectivity index (χ1n) is 11.2. The average Bonchev–Trinajstić information content (AvgIpc) is 2.69. The molecule has 0 aliphatic heterocycles. The highest BCUT2D eigenvalue weighted by molar-refractivity contribution is 5.70. The Morgan fingerprint density at radius 1 is 1.04 bits per heavy atom. The van der Waals surface area contributed by atoms with Crippen molar-refractivity contribution in [2.75, 3.05) is 0 Å². The molecule has 0 heterocycles. The van der Waals surface area contributed by atoms with Gasteiger partial charge in [0.2, 0.25) is 0 Å². The summed E-state index contributed by atoms with van der Waals surface area (Å²) in [7, 11) is 0. The molecule has 3 saturated carbocycles. The summed E-state index contributed by atoms with van der Waals surface area (Å²) in [6.45, 7) is 2.26. The number of aliphatic carboxylic acids is 1. The van der Waals surface area contributed by atoms with Gasteiger partial charge in [0.1, 0.15) is 0 Å². The predicted octanol–water partition coefficient (Wildman–Crippen LogP) is 6.18. The first kappa shape index (κ1) is 19.7. The van der Waals surface area contributed by atoms with Crippen molar-refractivity contribution in [1.29, 1.82) is 5.26 Å². The standard InChI is InChI=1S/C23H37NO2/c1-2-6-17-13-14-23(21(15-17)16-24,19-7-4-3-5-8-19)20-11-9-18(10-12-20)22(25)26/h17-21H,2-15H2,1H3,(H,25,26)/t17-,18-,20-,21+,23+/m1/s1. The molecule has 0 unspecified atom stereocenters. The zero-order valence-corrected chi connectivity index (χ0v) is 16.6. The summed E-state index contributed by atoms with van der Waals surface area (Å²) in [6.07, 6.45) is 16.4. The number of nitrogens with zero attached hydrogens (tertiary/aromatic N) is 1. The Morgan fingerprint density at radius 3 is 2.27 bits per heavy atom. The molecule has 0 aromatic heterocycles. The van der Waals surface area contributed by atoms with E-state index in [1.54, 1.807) is 0 Å². The van der Waals surface area contributed by atoms with Crippen LogP contribution in [0.1, 0.15) is 96.8 Å². The summed E-state index contributed by atoms with van der Waals surface area (Å²) >= 11 is 0. The smallest absolute Gasteiger partial charge is 0.306 e. The normalized spacial score (nSPS) is 39.2. The van der Waals surface area contributed by atoms with Gasteiger partial charge in [0.25, 0.3) is 0 Å². The molecule has 3 aliphatic carbocycles. The molecule has 3 heteroatoms. The van der Waals surface area contributed by atoms with Crippen molar-refractivity contribution in [3.8, 4) is 6.07 Å². The summed E-state index contributed by atoms with van der Waals surface area (Å²) in [4.78, 5) is 11.4. The van der Waals surface area contributed by atoms with E-state index >= 15 is 0 Å². The largest absolute Gasteiger partial charge is 0.481 e. The van der Waals surface area contributed by atoms with Crippen LogP contribution in [-0.4, -0.2) is 11.1 Å². The van der Waals surface area contributed by atoms with Crippen molar-refractivity contribution in [1.82, 2.24) is 0 Å². The molecule has 3 aliphatic rings. The van der Waals surface area contributed by atoms with Crippen LogP contribution in [0.3, 0.4) is 0 Å². The first-order valence-corrected chi connectivity index (χ1v) is 11.2. The molecule has 0 radical (unpaired) electrons. The lowest BCUT2D eigenvalue weighted by molar-refractivity contribution is -0.144. The molecular formula is C23H37NO2. The fourth-order valence-electron chi connectivity index (χ4n) is 6.97. The minimum atomic E-state index is -0.612. The molecule has 3 nitrogen and oxygen atoms in total. The molecule has 3 rings (SSSR count). The summed E-state index contributed by atoms with van der Waals surface area (Å²) in [5, 5.41) is 19.6. The third-order valence-electron chi connectivity index (χ3n) is 8.26. The zero-order chi connectivity index (χ0) is 18.6. The Balaban J connectivity index is 1.83. The summed E-state index contributed by atoms with van der Waals surface area (Å²) in [5.74, 6) is 1.45. The van der Waals surface area contributed by atoms with Crippen LogP contribution in [0, 0.1) is 46.3 Å². The fourth-order valence-corrected chi connectivity index (χ4v) is 6.97. The van der Waals surface area contributed by atoms with E-state index in [-0.39, 0.29) is 17.3 Å². The average molecular weight is 360 g/mol. The summed E-state index contributed by atoms with van der Waals surface area (Å²) < 4.78 is 0. The van der Waals surface area contributed by atoms with Gasteiger partial charge in [0.05, 0.1) is 17.9 Å². The van der Waals surface area contributed by atoms with Crippen molar-refractivity contribution in [3.63, 3.8) is 0 Å². The summed E-state index contributed by atoms with van der Waals surface area (Å²) in [6, 6.07) is 2.80. The molecule has 0 aromatic carbocycles. The Hall–Kier alpha value is -1.04. The SMILES string of the molecule is CCC[C@@H]1CC[C@](C2CCCCC2)([C@H]2CC[C@H](C(=O)O)CC2)[C@H](C#N)C1. The molecule has 0 saturated heterocycles. The molecule has 3 atom stereocenters. The lowest BCUT2D eigenvalue weighted by Gasteiger charge is -2.55. The third-order valence-corrected chi connectivity index (χ3v) is 8.26. The highest BCUT2D eigenvalue weighted by Gasteiger charge is 2.53. The van der Waals surface area contributed by atoms with Crippen molar-refractivity contribution < 1.29 is 9.90 Å². The van der Waals surface area contributed by atoms with E-state index in [0.29, 0.717) is 11.8 Å². The Morgan fingerprint density at radius 2 is 1.69 bits per heavy atom. The van der Waals surface area contributed by atoms with Crippen LogP contribution in [0.2, 0.25) is 0 Å². The second kappa shape index (κ2) is 8.77. The van der Waals surface area contributed by atoms with Crippen LogP contribution in [-0.2, 0) is 4.79 Å². The maximum Gasteiger partial charge on any atom is 0.306 e. The predicted molar refractivity (Wildman–Crippen MR) is 103 cm³/mol. The van der Waals surface area contributed by atoms with E-state index in [9.17, 15) is 15.2 Å². The second-order valence-electron chi connectivity index (χ2n) is 9.44. The minimum Gasteiger partial charge on any atom is -0.481 e. The zero-order valence-electron chi connectivity index (χ0n) is 16.6. The molecule has 26 heavy (non-hydrogen) atoms. The highest BCUT2D eigenvalue weighted by Crippen LogP contribution is 2.60. The van der Waals surface area contributed by atoms with Crippen LogP contribution in [0.25, 0.3) is 0 Å². The number of carboxylic acids is 1. The van der Waals surface area contributed by atoms with E-state index in [1.165, 1.54) is 57.8 Å². The lowest BCUT2D eigenvalue weighted by Crippen LogP contribution is -2.49. The Kier molecular flexibility index (Phi) is 6.65. The lowest BCUT2D eigenvalue weighted by atomic mass is 9.48. The third kappa shape index (κ3) is 3.80. The van der Waals surface area contributed by atoms with E-state index in [1.807, 2.05) is 0 Å². The molecule has 1 N–H and O–H groups in total. The van der Waals surface area contributed by atoms with Gasteiger partial charge in [-0.3, -0.25) is 4.79 Å². The number of rotatable bonds is 5. The minimum absolute atomic E-state index is 0.147. The number of carbonyl (C=O) groups is 1. The van der Waals surface area contributed by atoms with Crippen molar-refractivity contribution in [2.45, 2.75) is 96.8 Å². The van der Waals surface area contributed by atoms with E-state index in [2.05, 4.69) is 13.0 Å². The van der Waals surface area contributed by atoms with Gasteiger partial charge in [-0.05, 0) is 81.0 Å². The molecule has 0 spiro atoms. The monoisotopic (exact) mass is 359 g/mol. The van der Waals surface area contributed by atoms with Crippen LogP contribution in [0.5, 0.6) is 0 Å². The van der Waals surface area contributed by atoms with Crippen LogP contribution >= 0.6 is 0 Å². The van der Waals surface area contributed by atoms with Crippen LogP contribution in [0.15, 0.2) is 0 Å². The fraction of sp³-hybridized carbons (Fsp3) is 0.913. The van der Waals surface area contributed by atoms with Gasteiger partial charge in [-0.2, -0.15) is 5.26 Å². The first-order chi connectivity index (χ1) is 12.6. The van der Waals surface area contributed by atoms with Gasteiger partial charge in [0, 0.05) is 0 Å². The molecular weight excluding hydrogens is 322 g/mol. The molecule has 0 aromatic rings. The molecule has 146 valence electrons. The van der Waals surface area contributed by atoms with E-state index in [0.717, 1.165) is 38.0 Å². The maximum absolute atomic E-state index is 11.4. The van der Waals surface area contributed by atoms with Gasteiger partial charge in [0.15, 0.2) is 0 Å². The Bertz CT molecular complexity index is 511. The number of hydrogen-bond acceptors (Lipinski definition) is 2. The number of hydrogen-bond donors (Lipinski definition) is 1.